The molecule has 3 rings (SSSR count). The highest BCUT2D eigenvalue weighted by molar-refractivity contribution is 6.09. The highest BCUT2D eigenvalue weighted by Crippen LogP contribution is 2.46. The van der Waals surface area contributed by atoms with Crippen molar-refractivity contribution in [2.24, 2.45) is 11.3 Å². The summed E-state index contributed by atoms with van der Waals surface area (Å²) in [6.45, 7) is 7.85. The third kappa shape index (κ3) is 4.62. The minimum absolute atomic E-state index is 0.0548. The van der Waals surface area contributed by atoms with E-state index in [9.17, 15) is 14.4 Å². The van der Waals surface area contributed by atoms with Gasteiger partial charge in [0.05, 0.1) is 20.3 Å². The average Bonchev–Trinajstić information content (AvgIpc) is 2.88. The van der Waals surface area contributed by atoms with Crippen molar-refractivity contribution in [3.8, 4) is 11.5 Å². The Morgan fingerprint density at radius 2 is 1.90 bits per heavy atom. The van der Waals surface area contributed by atoms with Crippen molar-refractivity contribution in [2.75, 3.05) is 20.8 Å². The van der Waals surface area contributed by atoms with E-state index in [0.717, 1.165) is 16.9 Å². The molecule has 1 spiro atoms. The van der Waals surface area contributed by atoms with Gasteiger partial charge in [0, 0.05) is 0 Å². The molecule has 4 amide bonds. The van der Waals surface area contributed by atoms with Crippen molar-refractivity contribution in [3.63, 3.8) is 0 Å². The van der Waals surface area contributed by atoms with Crippen LogP contribution in [0.15, 0.2) is 18.2 Å². The number of hydrogen-bond donors (Lipinski definition) is 2. The lowest BCUT2D eigenvalue weighted by Crippen LogP contribution is -2.54. The smallest absolute Gasteiger partial charge is 0.325 e. The van der Waals surface area contributed by atoms with Gasteiger partial charge in [0.25, 0.3) is 5.91 Å². The molecule has 8 heteroatoms. The molecule has 1 saturated heterocycles. The van der Waals surface area contributed by atoms with Crippen LogP contribution in [0.3, 0.4) is 0 Å². The van der Waals surface area contributed by atoms with Crippen molar-refractivity contribution in [1.29, 1.82) is 0 Å². The second-order valence-corrected chi connectivity index (χ2v) is 9.66. The summed E-state index contributed by atoms with van der Waals surface area (Å²) in [7, 11) is 3.10. The summed E-state index contributed by atoms with van der Waals surface area (Å²) in [6, 6.07) is 4.56. The third-order valence-electron chi connectivity index (χ3n) is 6.21. The molecule has 0 bridgehead atoms. The predicted molar refractivity (Wildman–Crippen MR) is 116 cm³/mol. The van der Waals surface area contributed by atoms with Crippen LogP contribution in [0.2, 0.25) is 0 Å². The molecule has 8 nitrogen and oxygen atoms in total. The van der Waals surface area contributed by atoms with Crippen LogP contribution in [-0.2, 0) is 9.59 Å². The zero-order valence-corrected chi connectivity index (χ0v) is 19.2. The number of carbonyl (C=O) groups excluding carboxylic acids is 3. The fraction of sp³-hybridized carbons (Fsp3) is 0.609. The molecular formula is C23H33N3O5. The fourth-order valence-corrected chi connectivity index (χ4v) is 5.29. The molecule has 2 aliphatic rings. The van der Waals surface area contributed by atoms with E-state index in [1.807, 2.05) is 13.0 Å². The molecule has 31 heavy (non-hydrogen) atoms. The number of nitrogens with one attached hydrogen (secondary N) is 2. The van der Waals surface area contributed by atoms with E-state index < -0.39 is 17.5 Å². The topological polar surface area (TPSA) is 97.0 Å². The minimum Gasteiger partial charge on any atom is -0.493 e. The number of rotatable bonds is 6. The minimum atomic E-state index is -0.909. The molecule has 1 aliphatic heterocycles. The molecule has 0 radical (unpaired) electrons. The predicted octanol–water partition coefficient (Wildman–Crippen LogP) is 3.02. The Morgan fingerprint density at radius 1 is 1.23 bits per heavy atom. The Balaban J connectivity index is 1.68. The van der Waals surface area contributed by atoms with Crippen LogP contribution >= 0.6 is 0 Å². The summed E-state index contributed by atoms with van der Waals surface area (Å²) >= 11 is 0. The molecule has 170 valence electrons. The van der Waals surface area contributed by atoms with Crippen molar-refractivity contribution in [1.82, 2.24) is 15.5 Å². The zero-order chi connectivity index (χ0) is 23.0. The first kappa shape index (κ1) is 22.9. The molecule has 1 saturated carbocycles. The first-order valence-corrected chi connectivity index (χ1v) is 10.7. The number of hydrogen-bond acceptors (Lipinski definition) is 5. The van der Waals surface area contributed by atoms with E-state index in [1.165, 1.54) is 0 Å². The molecule has 1 aliphatic carbocycles. The van der Waals surface area contributed by atoms with Crippen LogP contribution < -0.4 is 20.1 Å². The number of imide groups is 1. The number of carbonyl (C=O) groups is 3. The fourth-order valence-electron chi connectivity index (χ4n) is 5.29. The normalized spacial score (nSPS) is 25.9. The van der Waals surface area contributed by atoms with Gasteiger partial charge in [0.2, 0.25) is 5.91 Å². The highest BCUT2D eigenvalue weighted by atomic mass is 16.5. The van der Waals surface area contributed by atoms with Crippen LogP contribution in [0.5, 0.6) is 11.5 Å². The molecule has 1 aromatic carbocycles. The van der Waals surface area contributed by atoms with Gasteiger partial charge in [0.1, 0.15) is 12.1 Å². The Hall–Kier alpha value is -2.77. The van der Waals surface area contributed by atoms with Crippen LogP contribution in [0.25, 0.3) is 0 Å². The monoisotopic (exact) mass is 431 g/mol. The van der Waals surface area contributed by atoms with E-state index in [2.05, 4.69) is 31.4 Å². The second kappa shape index (κ2) is 8.40. The van der Waals surface area contributed by atoms with E-state index in [1.54, 1.807) is 26.4 Å². The SMILES string of the molecule is COc1ccc(C(C)NC(=O)CN2C(=O)NC3(CC(C)CC(C)(C)C3)C2=O)cc1OC. The van der Waals surface area contributed by atoms with E-state index in [-0.39, 0.29) is 23.9 Å². The van der Waals surface area contributed by atoms with Crippen molar-refractivity contribution >= 4 is 17.8 Å². The molecule has 2 N–H and O–H groups in total. The number of benzene rings is 1. The van der Waals surface area contributed by atoms with Crippen LogP contribution in [0.4, 0.5) is 4.79 Å². The molecule has 2 fully saturated rings. The number of ether oxygens (including phenoxy) is 2. The summed E-state index contributed by atoms with van der Waals surface area (Å²) in [5, 5.41) is 5.76. The Bertz CT molecular complexity index is 884. The average molecular weight is 432 g/mol. The molecule has 1 heterocycles. The molecule has 1 aromatic rings. The van der Waals surface area contributed by atoms with Crippen molar-refractivity contribution < 1.29 is 23.9 Å². The number of methoxy groups -OCH3 is 2. The molecule has 3 unspecified atom stereocenters. The van der Waals surface area contributed by atoms with Gasteiger partial charge in [-0.1, -0.05) is 26.8 Å². The largest absolute Gasteiger partial charge is 0.493 e. The summed E-state index contributed by atoms with van der Waals surface area (Å²) in [5.74, 6) is 0.772. The van der Waals surface area contributed by atoms with Crippen LogP contribution in [0.1, 0.15) is 58.6 Å². The molecule has 0 aromatic heterocycles. The van der Waals surface area contributed by atoms with Gasteiger partial charge >= 0.3 is 6.03 Å². The van der Waals surface area contributed by atoms with E-state index in [0.29, 0.717) is 30.3 Å². The second-order valence-electron chi connectivity index (χ2n) is 9.66. The van der Waals surface area contributed by atoms with E-state index >= 15 is 0 Å². The first-order valence-electron chi connectivity index (χ1n) is 10.7. The maximum absolute atomic E-state index is 13.2. The lowest BCUT2D eigenvalue weighted by atomic mass is 9.64. The molecular weight excluding hydrogens is 398 g/mol. The summed E-state index contributed by atoms with van der Waals surface area (Å²) in [5.41, 5.74) is -0.142. The standard InChI is InChI=1S/C23H33N3O5/c1-14-10-22(3,4)13-23(11-14)20(28)26(21(29)25-23)12-19(27)24-15(2)16-7-8-17(30-5)18(9-16)31-6/h7-9,14-15H,10-13H2,1-6H3,(H,24,27)(H,25,29). The van der Waals surface area contributed by atoms with Gasteiger partial charge in [-0.3, -0.25) is 14.5 Å². The Labute approximate surface area is 183 Å². The zero-order valence-electron chi connectivity index (χ0n) is 19.2. The number of urea groups is 1. The van der Waals surface area contributed by atoms with Gasteiger partial charge in [-0.05, 0) is 55.2 Å². The molecule has 3 atom stereocenters. The summed E-state index contributed by atoms with van der Waals surface area (Å²) < 4.78 is 10.6. The maximum Gasteiger partial charge on any atom is 0.325 e. The van der Waals surface area contributed by atoms with E-state index in [4.69, 9.17) is 9.47 Å². The third-order valence-corrected chi connectivity index (χ3v) is 6.21. The Kier molecular flexibility index (Phi) is 6.21. The summed E-state index contributed by atoms with van der Waals surface area (Å²) in [6.07, 6.45) is 2.18. The van der Waals surface area contributed by atoms with Gasteiger partial charge in [-0.2, -0.15) is 0 Å². The van der Waals surface area contributed by atoms with Gasteiger partial charge in [0.15, 0.2) is 11.5 Å². The number of nitrogens with zero attached hydrogens (tertiary/aromatic N) is 1. The maximum atomic E-state index is 13.2. The first-order chi connectivity index (χ1) is 14.5. The lowest BCUT2D eigenvalue weighted by molar-refractivity contribution is -0.137. The number of amides is 4. The van der Waals surface area contributed by atoms with Gasteiger partial charge < -0.3 is 20.1 Å². The summed E-state index contributed by atoms with van der Waals surface area (Å²) in [4.78, 5) is 39.5. The van der Waals surface area contributed by atoms with Gasteiger partial charge in [-0.15, -0.1) is 0 Å². The van der Waals surface area contributed by atoms with Gasteiger partial charge in [-0.25, -0.2) is 4.79 Å². The quantitative estimate of drug-likeness (QED) is 0.675. The van der Waals surface area contributed by atoms with Crippen molar-refractivity contribution in [3.05, 3.63) is 23.8 Å². The highest BCUT2D eigenvalue weighted by Gasteiger charge is 2.56. The lowest BCUT2D eigenvalue weighted by Gasteiger charge is -2.43. The Morgan fingerprint density at radius 3 is 2.52 bits per heavy atom. The van der Waals surface area contributed by atoms with Crippen molar-refractivity contribution in [2.45, 2.75) is 58.5 Å². The van der Waals surface area contributed by atoms with Crippen LogP contribution in [0, 0.1) is 11.3 Å². The van der Waals surface area contributed by atoms with Crippen LogP contribution in [-0.4, -0.2) is 49.0 Å².